The first kappa shape index (κ1) is 35.4. The molecule has 6 atom stereocenters. The predicted molar refractivity (Wildman–Crippen MR) is 203 cm³/mol. The van der Waals surface area contributed by atoms with Crippen LogP contribution in [0.15, 0.2) is 83.7 Å². The normalized spacial score (nSPS) is 22.4. The van der Waals surface area contributed by atoms with E-state index in [9.17, 15) is 14.4 Å². The van der Waals surface area contributed by atoms with E-state index in [4.69, 9.17) is 14.1 Å². The van der Waals surface area contributed by atoms with Crippen LogP contribution < -0.4 is 10.6 Å². The van der Waals surface area contributed by atoms with Crippen molar-refractivity contribution in [1.29, 1.82) is 0 Å². The Kier molecular flexibility index (Phi) is 9.83. The minimum Gasteiger partial charge on any atom is -0.467 e. The molecule has 54 heavy (non-hydrogen) atoms. The zero-order valence-corrected chi connectivity index (χ0v) is 30.9. The molecule has 2 saturated carbocycles. The molecule has 8 rings (SSSR count). The lowest BCUT2D eigenvalue weighted by molar-refractivity contribution is -0.135. The van der Waals surface area contributed by atoms with Crippen LogP contribution in [0.3, 0.4) is 0 Å². The first-order valence-corrected chi connectivity index (χ1v) is 19.0. The lowest BCUT2D eigenvalue weighted by Crippen LogP contribution is -2.51. The van der Waals surface area contributed by atoms with Crippen LogP contribution in [0.2, 0.25) is 0 Å². The molecular weight excluding hydrogens is 683 g/mol. The number of nitrogens with zero attached hydrogens (tertiary/aromatic N) is 3. The van der Waals surface area contributed by atoms with Crippen LogP contribution >= 0.6 is 0 Å². The molecule has 3 amide bonds. The highest BCUT2D eigenvalue weighted by atomic mass is 16.5. The Bertz CT molecular complexity index is 2080. The van der Waals surface area contributed by atoms with Crippen molar-refractivity contribution in [3.8, 4) is 33.6 Å². The van der Waals surface area contributed by atoms with Crippen LogP contribution in [-0.2, 0) is 20.9 Å². The van der Waals surface area contributed by atoms with Crippen molar-refractivity contribution in [1.82, 2.24) is 35.5 Å². The maximum Gasteiger partial charge on any atom is 0.407 e. The van der Waals surface area contributed by atoms with Gasteiger partial charge in [0.15, 0.2) is 0 Å². The maximum atomic E-state index is 13.5. The van der Waals surface area contributed by atoms with E-state index in [0.29, 0.717) is 24.9 Å². The van der Waals surface area contributed by atoms with E-state index in [2.05, 4.69) is 74.1 Å². The highest BCUT2D eigenvalue weighted by Gasteiger charge is 2.52. The molecule has 5 aromatic rings. The lowest BCUT2D eigenvalue weighted by atomic mass is 9.78. The fraction of sp³-hybridized carbons (Fsp3) is 0.405. The van der Waals surface area contributed by atoms with Crippen LogP contribution in [-0.4, -0.2) is 62.4 Å². The Morgan fingerprint density at radius 1 is 0.870 bits per heavy atom. The number of rotatable bonds is 11. The van der Waals surface area contributed by atoms with Crippen molar-refractivity contribution in [2.75, 3.05) is 13.7 Å². The number of carbonyl (C=O) groups is 3. The molecule has 3 aliphatic rings. The maximum absolute atomic E-state index is 13.5. The molecule has 4 N–H and O–H groups in total. The summed E-state index contributed by atoms with van der Waals surface area (Å²) in [6, 6.07) is 19.6. The van der Waals surface area contributed by atoms with Crippen LogP contribution in [0.4, 0.5) is 4.79 Å². The molecule has 280 valence electrons. The molecule has 1 saturated heterocycles. The topological polar surface area (TPSA) is 158 Å². The molecule has 3 fully saturated rings. The Hall–Kier alpha value is -5.65. The number of carbonyl (C=O) groups excluding carboxylic acids is 3. The van der Waals surface area contributed by atoms with Crippen LogP contribution in [0.25, 0.3) is 33.6 Å². The van der Waals surface area contributed by atoms with Gasteiger partial charge in [0.05, 0.1) is 55.7 Å². The Balaban J connectivity index is 0.920. The third kappa shape index (κ3) is 6.92. The van der Waals surface area contributed by atoms with Gasteiger partial charge < -0.3 is 34.7 Å². The number of alkyl carbamates (subject to hydrolysis) is 1. The molecule has 12 heteroatoms. The van der Waals surface area contributed by atoms with E-state index in [1.54, 1.807) is 6.26 Å². The van der Waals surface area contributed by atoms with Gasteiger partial charge in [0, 0.05) is 12.5 Å². The van der Waals surface area contributed by atoms with E-state index in [0.717, 1.165) is 83.2 Å². The highest BCUT2D eigenvalue weighted by Crippen LogP contribution is 2.56. The fourth-order valence-corrected chi connectivity index (χ4v) is 8.95. The smallest absolute Gasteiger partial charge is 0.407 e. The molecule has 3 unspecified atom stereocenters. The molecule has 0 spiro atoms. The Labute approximate surface area is 314 Å². The van der Waals surface area contributed by atoms with Crippen LogP contribution in [0.5, 0.6) is 0 Å². The summed E-state index contributed by atoms with van der Waals surface area (Å²) in [7, 11) is 1.30. The van der Waals surface area contributed by atoms with E-state index < -0.39 is 12.1 Å². The number of nitrogens with one attached hydrogen (secondary N) is 4. The summed E-state index contributed by atoms with van der Waals surface area (Å²) in [4.78, 5) is 57.2. The number of aromatic nitrogens is 4. The number of hydrogen-bond acceptors (Lipinski definition) is 7. The van der Waals surface area contributed by atoms with Crippen LogP contribution in [0, 0.1) is 23.7 Å². The second-order valence-corrected chi connectivity index (χ2v) is 15.2. The number of H-pyrrole nitrogens is 2. The van der Waals surface area contributed by atoms with Gasteiger partial charge >= 0.3 is 6.09 Å². The van der Waals surface area contributed by atoms with E-state index in [-0.39, 0.29) is 35.6 Å². The van der Waals surface area contributed by atoms with Gasteiger partial charge in [-0.25, -0.2) is 14.8 Å². The number of hydrogen-bond donors (Lipinski definition) is 4. The quantitative estimate of drug-likeness (QED) is 0.112. The van der Waals surface area contributed by atoms with Crippen LogP contribution in [0.1, 0.15) is 75.3 Å². The summed E-state index contributed by atoms with van der Waals surface area (Å²) in [5, 5.41) is 5.81. The molecule has 0 radical (unpaired) electrons. The number of imidazole rings is 2. The highest BCUT2D eigenvalue weighted by molar-refractivity contribution is 5.86. The summed E-state index contributed by atoms with van der Waals surface area (Å²) in [5.74, 6) is 3.12. The summed E-state index contributed by atoms with van der Waals surface area (Å²) in [6.07, 6.45) is 9.68. The minimum absolute atomic E-state index is 0.0858. The van der Waals surface area contributed by atoms with Crippen molar-refractivity contribution in [3.63, 3.8) is 0 Å². The number of ether oxygens (including phenoxy) is 1. The zero-order chi connectivity index (χ0) is 37.3. The summed E-state index contributed by atoms with van der Waals surface area (Å²) >= 11 is 0. The SMILES string of the molecule is COC(=O)N[C@H](C(=O)N1CCC[C@H]1c1ncc(-c2ccc(-c3ccc(-c4cnc(C5C6CCC(C6)[C@@H]5C(=O)NCc5ccco5)[nH]4)cc3)cc2)[nH]1)C(C)C. The predicted octanol–water partition coefficient (Wildman–Crippen LogP) is 7.22. The number of fused-ring (bicyclic) bond motifs is 2. The fourth-order valence-electron chi connectivity index (χ4n) is 8.95. The first-order chi connectivity index (χ1) is 26.3. The Morgan fingerprint density at radius 2 is 1.50 bits per heavy atom. The van der Waals surface area contributed by atoms with Crippen molar-refractivity contribution in [2.24, 2.45) is 23.7 Å². The monoisotopic (exact) mass is 729 g/mol. The minimum atomic E-state index is -0.676. The van der Waals surface area contributed by atoms with Gasteiger partial charge in [-0.3, -0.25) is 9.59 Å². The number of benzene rings is 2. The molecular formula is C42H47N7O5. The van der Waals surface area contributed by atoms with E-state index in [1.165, 1.54) is 7.11 Å². The van der Waals surface area contributed by atoms with Gasteiger partial charge in [0.1, 0.15) is 23.5 Å². The number of likely N-dealkylation sites (tertiary alicyclic amines) is 1. The molecule has 2 aliphatic carbocycles. The Morgan fingerprint density at radius 3 is 2.13 bits per heavy atom. The van der Waals surface area contributed by atoms with E-state index >= 15 is 0 Å². The second-order valence-electron chi connectivity index (χ2n) is 15.2. The average Bonchev–Trinajstić information content (AvgIpc) is 4.05. The number of aromatic amines is 2. The second kappa shape index (κ2) is 15.0. The first-order valence-electron chi connectivity index (χ1n) is 19.0. The average molecular weight is 730 g/mol. The molecule has 12 nitrogen and oxygen atoms in total. The zero-order valence-electron chi connectivity index (χ0n) is 30.9. The number of furan rings is 1. The molecule has 4 heterocycles. The molecule has 2 bridgehead atoms. The summed E-state index contributed by atoms with van der Waals surface area (Å²) in [6.45, 7) is 4.82. The number of amides is 3. The standard InChI is InChI=1S/C42H47N7O5/c1-24(2)37(48-42(52)53-3)41(51)49-18-4-7-34(49)38-43-22-32(46-38)27-12-8-25(9-13-27)26-10-14-28(15-11-26)33-23-44-39(47-33)35-29-16-17-30(20-29)36(35)40(50)45-21-31-6-5-19-54-31/h5-6,8-15,19,22-24,29-30,34-37H,4,7,16-18,20-21H2,1-3H3,(H,43,46)(H,44,47)(H,45,50)(H,48,52)/t29?,30?,34-,35?,36-,37-/m0/s1. The molecule has 1 aliphatic heterocycles. The molecule has 3 aromatic heterocycles. The largest absolute Gasteiger partial charge is 0.467 e. The summed E-state index contributed by atoms with van der Waals surface area (Å²) < 4.78 is 10.2. The van der Waals surface area contributed by atoms with Gasteiger partial charge in [0.2, 0.25) is 11.8 Å². The van der Waals surface area contributed by atoms with E-state index in [1.807, 2.05) is 43.3 Å². The third-order valence-electron chi connectivity index (χ3n) is 11.7. The van der Waals surface area contributed by atoms with Gasteiger partial charge in [-0.15, -0.1) is 0 Å². The molecule has 2 aromatic carbocycles. The van der Waals surface area contributed by atoms with Gasteiger partial charge in [0.25, 0.3) is 0 Å². The van der Waals surface area contributed by atoms with Crippen molar-refractivity contribution in [2.45, 2.75) is 70.5 Å². The van der Waals surface area contributed by atoms with Crippen molar-refractivity contribution >= 4 is 17.9 Å². The lowest BCUT2D eigenvalue weighted by Gasteiger charge is -2.30. The van der Waals surface area contributed by atoms with Gasteiger partial charge in [-0.05, 0) is 84.2 Å². The van der Waals surface area contributed by atoms with Gasteiger partial charge in [-0.1, -0.05) is 62.4 Å². The van der Waals surface area contributed by atoms with Gasteiger partial charge in [-0.2, -0.15) is 0 Å². The van der Waals surface area contributed by atoms with Crippen molar-refractivity contribution < 1.29 is 23.5 Å². The van der Waals surface area contributed by atoms with Crippen molar-refractivity contribution in [3.05, 3.63) is 96.7 Å². The number of methoxy groups -OCH3 is 1. The third-order valence-corrected chi connectivity index (χ3v) is 11.7. The summed E-state index contributed by atoms with van der Waals surface area (Å²) in [5.41, 5.74) is 6.05.